The molecule has 0 amide bonds. The molecule has 0 fully saturated rings. The van der Waals surface area contributed by atoms with Gasteiger partial charge in [-0.2, -0.15) is 0 Å². The first-order valence-corrected chi connectivity index (χ1v) is 7.44. The number of ether oxygens (including phenoxy) is 1. The van der Waals surface area contributed by atoms with Gasteiger partial charge in [0.15, 0.2) is 5.84 Å². The zero-order valence-electron chi connectivity index (χ0n) is 12.8. The minimum Gasteiger partial charge on any atom is -0.481 e. The molecule has 1 aromatic carbocycles. The number of nitrogens with one attached hydrogen (secondary N) is 2. The Bertz CT molecular complexity index is 786. The van der Waals surface area contributed by atoms with Crippen molar-refractivity contribution in [3.05, 3.63) is 46.9 Å². The Kier molecular flexibility index (Phi) is 4.79. The van der Waals surface area contributed by atoms with Gasteiger partial charge >= 0.3 is 0 Å². The summed E-state index contributed by atoms with van der Waals surface area (Å²) in [7, 11) is 1.50. The van der Waals surface area contributed by atoms with Crippen LogP contribution in [0.1, 0.15) is 5.56 Å². The van der Waals surface area contributed by atoms with Gasteiger partial charge in [0.25, 0.3) is 0 Å². The van der Waals surface area contributed by atoms with Crippen LogP contribution in [0.5, 0.6) is 5.88 Å². The molecule has 0 radical (unpaired) electrons. The van der Waals surface area contributed by atoms with E-state index in [1.165, 1.54) is 19.2 Å². The normalized spacial score (nSPS) is 14.1. The number of hydrazine groups is 2. The minimum absolute atomic E-state index is 0.0565. The minimum atomic E-state index is -0.509. The van der Waals surface area contributed by atoms with Crippen LogP contribution in [-0.4, -0.2) is 34.8 Å². The summed E-state index contributed by atoms with van der Waals surface area (Å²) < 4.78 is 19.0. The van der Waals surface area contributed by atoms with Gasteiger partial charge in [-0.25, -0.2) is 14.9 Å². The van der Waals surface area contributed by atoms with Crippen LogP contribution in [0.15, 0.2) is 35.6 Å². The Morgan fingerprint density at radius 1 is 1.38 bits per heavy atom. The molecule has 2 aromatic rings. The number of nitrogens with zero attached hydrogens (tertiary/aromatic N) is 3. The number of aliphatic hydroxyl groups is 1. The first-order chi connectivity index (χ1) is 11.6. The van der Waals surface area contributed by atoms with Crippen LogP contribution in [0.25, 0.3) is 11.1 Å². The molecular weight excluding hydrogens is 337 g/mol. The lowest BCUT2D eigenvalue weighted by atomic mass is 10.1. The SMILES string of the molecule is COc1ncc(CN2NN=C(CO)N2)cc1-c1ccc(Cl)c(F)c1. The molecule has 9 heteroatoms. The lowest BCUT2D eigenvalue weighted by Gasteiger charge is -2.16. The van der Waals surface area contributed by atoms with E-state index in [0.717, 1.165) is 5.56 Å². The molecule has 7 nitrogen and oxygen atoms in total. The number of amidine groups is 1. The van der Waals surface area contributed by atoms with Gasteiger partial charge < -0.3 is 9.84 Å². The van der Waals surface area contributed by atoms with Crippen LogP contribution in [0.3, 0.4) is 0 Å². The average Bonchev–Trinajstić information content (AvgIpc) is 3.05. The van der Waals surface area contributed by atoms with E-state index < -0.39 is 5.82 Å². The number of benzene rings is 1. The van der Waals surface area contributed by atoms with Crippen LogP contribution in [0, 0.1) is 5.82 Å². The number of pyridine rings is 1. The zero-order valence-corrected chi connectivity index (χ0v) is 13.5. The molecule has 0 saturated heterocycles. The number of hydrogen-bond donors (Lipinski definition) is 3. The predicted octanol–water partition coefficient (Wildman–Crippen LogP) is 1.68. The van der Waals surface area contributed by atoms with E-state index in [-0.39, 0.29) is 11.6 Å². The maximum absolute atomic E-state index is 13.8. The third kappa shape index (κ3) is 3.40. The lowest BCUT2D eigenvalue weighted by molar-refractivity contribution is 0.167. The van der Waals surface area contributed by atoms with Crippen LogP contribution < -0.4 is 15.7 Å². The second kappa shape index (κ2) is 7.00. The first-order valence-electron chi connectivity index (χ1n) is 7.06. The molecule has 0 aliphatic carbocycles. The van der Waals surface area contributed by atoms with Gasteiger partial charge in [-0.15, -0.1) is 10.2 Å². The van der Waals surface area contributed by atoms with Crippen LogP contribution in [0.4, 0.5) is 4.39 Å². The second-order valence-electron chi connectivity index (χ2n) is 5.04. The molecule has 0 bridgehead atoms. The van der Waals surface area contributed by atoms with Crippen molar-refractivity contribution in [1.82, 2.24) is 21.1 Å². The van der Waals surface area contributed by atoms with Crippen LogP contribution in [-0.2, 0) is 6.54 Å². The van der Waals surface area contributed by atoms with Crippen LogP contribution >= 0.6 is 11.6 Å². The van der Waals surface area contributed by atoms with Gasteiger partial charge in [0.1, 0.15) is 12.4 Å². The standard InChI is InChI=1S/C15H15ClFN5O2/c1-24-15-11(10-2-3-12(16)13(17)5-10)4-9(6-18-15)7-22-20-14(8-23)19-21-22/h2-6,21,23H,7-8H2,1H3,(H,19,20). The number of halogens is 2. The maximum atomic E-state index is 13.8. The van der Waals surface area contributed by atoms with Crippen molar-refractivity contribution < 1.29 is 14.2 Å². The summed E-state index contributed by atoms with van der Waals surface area (Å²) >= 11 is 5.74. The van der Waals surface area contributed by atoms with Crippen molar-refractivity contribution in [2.24, 2.45) is 5.10 Å². The number of rotatable bonds is 5. The fourth-order valence-corrected chi connectivity index (χ4v) is 2.39. The van der Waals surface area contributed by atoms with E-state index >= 15 is 0 Å². The van der Waals surface area contributed by atoms with Crippen molar-refractivity contribution in [3.63, 3.8) is 0 Å². The number of hydrazone groups is 1. The Balaban J connectivity index is 1.87. The highest BCUT2D eigenvalue weighted by atomic mass is 35.5. The largest absolute Gasteiger partial charge is 0.481 e. The summed E-state index contributed by atoms with van der Waals surface area (Å²) in [4.78, 5) is 4.26. The van der Waals surface area contributed by atoms with E-state index in [0.29, 0.717) is 29.4 Å². The number of aliphatic hydroxyl groups excluding tert-OH is 1. The Morgan fingerprint density at radius 2 is 2.21 bits per heavy atom. The van der Waals surface area contributed by atoms with E-state index in [9.17, 15) is 4.39 Å². The predicted molar refractivity (Wildman–Crippen MR) is 87.5 cm³/mol. The van der Waals surface area contributed by atoms with E-state index in [2.05, 4.69) is 21.0 Å². The molecule has 24 heavy (non-hydrogen) atoms. The molecule has 1 aromatic heterocycles. The molecule has 126 valence electrons. The topological polar surface area (TPSA) is 82.0 Å². The average molecular weight is 352 g/mol. The fourth-order valence-electron chi connectivity index (χ4n) is 2.27. The van der Waals surface area contributed by atoms with Crippen molar-refractivity contribution in [2.75, 3.05) is 13.7 Å². The second-order valence-corrected chi connectivity index (χ2v) is 5.45. The maximum Gasteiger partial charge on any atom is 0.221 e. The summed E-state index contributed by atoms with van der Waals surface area (Å²) in [5.41, 5.74) is 7.69. The lowest BCUT2D eigenvalue weighted by Crippen LogP contribution is -2.41. The van der Waals surface area contributed by atoms with Gasteiger partial charge in [0.05, 0.1) is 18.7 Å². The first kappa shape index (κ1) is 16.4. The molecule has 0 atom stereocenters. The third-order valence-electron chi connectivity index (χ3n) is 3.39. The molecule has 1 aliphatic heterocycles. The molecule has 3 rings (SSSR count). The summed E-state index contributed by atoms with van der Waals surface area (Å²) in [6.07, 6.45) is 1.65. The molecule has 0 spiro atoms. The van der Waals surface area contributed by atoms with Gasteiger partial charge in [-0.1, -0.05) is 17.7 Å². The van der Waals surface area contributed by atoms with Gasteiger partial charge in [-0.3, -0.25) is 5.43 Å². The Hall–Kier alpha value is -2.42. The van der Waals surface area contributed by atoms with Crippen LogP contribution in [0.2, 0.25) is 5.02 Å². The van der Waals surface area contributed by atoms with Gasteiger partial charge in [0.2, 0.25) is 5.88 Å². The monoisotopic (exact) mass is 351 g/mol. The van der Waals surface area contributed by atoms with E-state index in [1.807, 2.05) is 6.07 Å². The number of aromatic nitrogens is 1. The fraction of sp³-hybridized carbons (Fsp3) is 0.200. The zero-order chi connectivity index (χ0) is 17.1. The Labute approximate surface area is 142 Å². The van der Waals surface area contributed by atoms with E-state index in [1.54, 1.807) is 17.4 Å². The van der Waals surface area contributed by atoms with Gasteiger partial charge in [0, 0.05) is 11.8 Å². The number of hydrogen-bond acceptors (Lipinski definition) is 7. The van der Waals surface area contributed by atoms with E-state index in [4.69, 9.17) is 21.4 Å². The highest BCUT2D eigenvalue weighted by Gasteiger charge is 2.16. The number of methoxy groups -OCH3 is 1. The smallest absolute Gasteiger partial charge is 0.221 e. The third-order valence-corrected chi connectivity index (χ3v) is 3.70. The summed E-state index contributed by atoms with van der Waals surface area (Å²) in [6.45, 7) is 0.215. The molecular formula is C15H15ClFN5O2. The highest BCUT2D eigenvalue weighted by Crippen LogP contribution is 2.31. The highest BCUT2D eigenvalue weighted by molar-refractivity contribution is 6.30. The van der Waals surface area contributed by atoms with Gasteiger partial charge in [-0.05, 0) is 29.3 Å². The summed E-state index contributed by atoms with van der Waals surface area (Å²) in [6, 6.07) is 6.37. The molecule has 0 unspecified atom stereocenters. The van der Waals surface area contributed by atoms with Crippen molar-refractivity contribution in [1.29, 1.82) is 0 Å². The Morgan fingerprint density at radius 3 is 2.88 bits per heavy atom. The summed E-state index contributed by atoms with van der Waals surface area (Å²) in [5.74, 6) is 0.289. The molecule has 0 saturated carbocycles. The van der Waals surface area contributed by atoms with Crippen molar-refractivity contribution in [2.45, 2.75) is 6.54 Å². The molecule has 2 heterocycles. The quantitative estimate of drug-likeness (QED) is 0.760. The van der Waals surface area contributed by atoms with Crippen molar-refractivity contribution >= 4 is 17.4 Å². The van der Waals surface area contributed by atoms with Crippen molar-refractivity contribution in [3.8, 4) is 17.0 Å². The molecule has 1 aliphatic rings. The summed E-state index contributed by atoms with van der Waals surface area (Å²) in [5, 5.41) is 14.6. The molecule has 3 N–H and O–H groups in total.